The van der Waals surface area contributed by atoms with Crippen LogP contribution in [0.2, 0.25) is 10.0 Å². The van der Waals surface area contributed by atoms with Crippen LogP contribution in [0.4, 0.5) is 16.4 Å². The highest BCUT2D eigenvalue weighted by Crippen LogP contribution is 2.32. The van der Waals surface area contributed by atoms with Gasteiger partial charge in [0.2, 0.25) is 0 Å². The minimum absolute atomic E-state index is 0.0146. The van der Waals surface area contributed by atoms with Gasteiger partial charge in [-0.2, -0.15) is 0 Å². The van der Waals surface area contributed by atoms with Crippen LogP contribution in [0.15, 0.2) is 6.07 Å². The SMILES string of the molecule is CNc1nc(N2CCN3C(=O)NCC3C2)c(Cl)cc1Cl. The standard InChI is InChI=1S/C12H15Cl2N5O/c1-15-10-8(13)4-9(14)11(17-10)18-2-3-19-7(6-18)5-16-12(19)20/h4,7H,2-3,5-6H2,1H3,(H,15,17)(H,16,20). The average Bonchev–Trinajstić information content (AvgIpc) is 2.80. The van der Waals surface area contributed by atoms with Crippen LogP contribution in [-0.4, -0.2) is 55.2 Å². The summed E-state index contributed by atoms with van der Waals surface area (Å²) in [6, 6.07) is 1.88. The van der Waals surface area contributed by atoms with Gasteiger partial charge in [-0.3, -0.25) is 0 Å². The molecule has 8 heteroatoms. The molecule has 2 amide bonds. The van der Waals surface area contributed by atoms with Crippen molar-refractivity contribution in [2.75, 3.05) is 43.4 Å². The molecule has 1 aromatic rings. The van der Waals surface area contributed by atoms with Crippen molar-refractivity contribution in [3.8, 4) is 0 Å². The number of fused-ring (bicyclic) bond motifs is 1. The van der Waals surface area contributed by atoms with Gasteiger partial charge in [-0.1, -0.05) is 23.2 Å². The minimum Gasteiger partial charge on any atom is -0.372 e. The fourth-order valence-electron chi connectivity index (χ4n) is 2.65. The Balaban J connectivity index is 1.85. The Hall–Kier alpha value is -1.40. The van der Waals surface area contributed by atoms with Crippen LogP contribution in [0, 0.1) is 0 Å². The van der Waals surface area contributed by atoms with E-state index < -0.39 is 0 Å². The Bertz CT molecular complexity index is 553. The zero-order valence-electron chi connectivity index (χ0n) is 11.0. The number of amides is 2. The fraction of sp³-hybridized carbons (Fsp3) is 0.500. The second-order valence-corrected chi connectivity index (χ2v) is 5.67. The highest BCUT2D eigenvalue weighted by Gasteiger charge is 2.36. The summed E-state index contributed by atoms with van der Waals surface area (Å²) in [5, 5.41) is 6.83. The molecule has 3 heterocycles. The van der Waals surface area contributed by atoms with Gasteiger partial charge in [0.25, 0.3) is 0 Å². The summed E-state index contributed by atoms with van der Waals surface area (Å²) in [5.74, 6) is 1.31. The van der Waals surface area contributed by atoms with E-state index in [-0.39, 0.29) is 12.1 Å². The van der Waals surface area contributed by atoms with Crippen molar-refractivity contribution >= 4 is 40.9 Å². The van der Waals surface area contributed by atoms with Crippen LogP contribution >= 0.6 is 23.2 Å². The zero-order chi connectivity index (χ0) is 14.3. The van der Waals surface area contributed by atoms with Gasteiger partial charge in [-0.15, -0.1) is 0 Å². The molecule has 2 aliphatic rings. The van der Waals surface area contributed by atoms with Crippen LogP contribution in [0.3, 0.4) is 0 Å². The molecule has 20 heavy (non-hydrogen) atoms. The number of aromatic nitrogens is 1. The quantitative estimate of drug-likeness (QED) is 0.871. The van der Waals surface area contributed by atoms with Crippen molar-refractivity contribution in [2.45, 2.75) is 6.04 Å². The molecule has 1 atom stereocenters. The van der Waals surface area contributed by atoms with Crippen molar-refractivity contribution in [2.24, 2.45) is 0 Å². The van der Waals surface area contributed by atoms with Crippen molar-refractivity contribution in [1.82, 2.24) is 15.2 Å². The molecule has 0 radical (unpaired) electrons. The molecule has 108 valence electrons. The summed E-state index contributed by atoms with van der Waals surface area (Å²) in [5.41, 5.74) is 0. The van der Waals surface area contributed by atoms with Crippen LogP contribution in [0.25, 0.3) is 0 Å². The largest absolute Gasteiger partial charge is 0.372 e. The van der Waals surface area contributed by atoms with Gasteiger partial charge < -0.3 is 20.4 Å². The topological polar surface area (TPSA) is 60.5 Å². The second kappa shape index (κ2) is 5.18. The lowest BCUT2D eigenvalue weighted by Gasteiger charge is -2.37. The number of carbonyl (C=O) groups excluding carboxylic acids is 1. The molecule has 0 saturated carbocycles. The van der Waals surface area contributed by atoms with Crippen molar-refractivity contribution in [3.05, 3.63) is 16.1 Å². The number of hydrogen-bond acceptors (Lipinski definition) is 4. The molecule has 2 N–H and O–H groups in total. The van der Waals surface area contributed by atoms with Gasteiger partial charge in [0.05, 0.1) is 16.1 Å². The first-order chi connectivity index (χ1) is 9.60. The molecule has 2 saturated heterocycles. The maximum absolute atomic E-state index is 11.6. The van der Waals surface area contributed by atoms with E-state index >= 15 is 0 Å². The summed E-state index contributed by atoms with van der Waals surface area (Å²) < 4.78 is 0. The number of carbonyl (C=O) groups is 1. The van der Waals surface area contributed by atoms with Gasteiger partial charge >= 0.3 is 6.03 Å². The summed E-state index contributed by atoms with van der Waals surface area (Å²) >= 11 is 12.3. The molecule has 0 bridgehead atoms. The highest BCUT2D eigenvalue weighted by atomic mass is 35.5. The third kappa shape index (κ3) is 2.23. The number of hydrogen-bond donors (Lipinski definition) is 2. The summed E-state index contributed by atoms with van der Waals surface area (Å²) in [4.78, 5) is 20.0. The van der Waals surface area contributed by atoms with E-state index in [0.29, 0.717) is 41.3 Å². The average molecular weight is 316 g/mol. The van der Waals surface area contributed by atoms with E-state index in [4.69, 9.17) is 23.2 Å². The number of rotatable bonds is 2. The van der Waals surface area contributed by atoms with E-state index in [1.807, 2.05) is 4.90 Å². The van der Waals surface area contributed by atoms with Gasteiger partial charge in [-0.25, -0.2) is 9.78 Å². The van der Waals surface area contributed by atoms with Crippen molar-refractivity contribution in [3.63, 3.8) is 0 Å². The lowest BCUT2D eigenvalue weighted by atomic mass is 10.2. The lowest BCUT2D eigenvalue weighted by molar-refractivity contribution is 0.197. The van der Waals surface area contributed by atoms with E-state index in [9.17, 15) is 4.79 Å². The Morgan fingerprint density at radius 1 is 1.40 bits per heavy atom. The van der Waals surface area contributed by atoms with Crippen LogP contribution in [0.1, 0.15) is 0 Å². The molecular formula is C12H15Cl2N5O. The normalized spacial score (nSPS) is 21.8. The first kappa shape index (κ1) is 13.6. The molecule has 2 fully saturated rings. The molecule has 0 aromatic carbocycles. The summed E-state index contributed by atoms with van der Waals surface area (Å²) in [6.45, 7) is 2.77. The Kier molecular flexibility index (Phi) is 3.52. The van der Waals surface area contributed by atoms with Crippen LogP contribution < -0.4 is 15.5 Å². The smallest absolute Gasteiger partial charge is 0.317 e. The van der Waals surface area contributed by atoms with Crippen LogP contribution in [0.5, 0.6) is 0 Å². The Morgan fingerprint density at radius 3 is 2.95 bits per heavy atom. The maximum atomic E-state index is 11.6. The van der Waals surface area contributed by atoms with Gasteiger partial charge in [0.1, 0.15) is 11.6 Å². The lowest BCUT2D eigenvalue weighted by Crippen LogP contribution is -2.52. The number of pyridine rings is 1. The van der Waals surface area contributed by atoms with Crippen LogP contribution in [-0.2, 0) is 0 Å². The second-order valence-electron chi connectivity index (χ2n) is 4.85. The molecule has 2 aliphatic heterocycles. The molecule has 6 nitrogen and oxygen atoms in total. The first-order valence-corrected chi connectivity index (χ1v) is 7.19. The van der Waals surface area contributed by atoms with Crippen molar-refractivity contribution < 1.29 is 4.79 Å². The number of piperazine rings is 1. The van der Waals surface area contributed by atoms with Gasteiger partial charge in [0, 0.05) is 33.2 Å². The predicted octanol–water partition coefficient (Wildman–Crippen LogP) is 1.64. The van der Waals surface area contributed by atoms with E-state index in [1.165, 1.54) is 0 Å². The highest BCUT2D eigenvalue weighted by molar-refractivity contribution is 6.37. The third-order valence-electron chi connectivity index (χ3n) is 3.68. The van der Waals surface area contributed by atoms with E-state index in [0.717, 1.165) is 6.54 Å². The summed E-state index contributed by atoms with van der Waals surface area (Å²) in [7, 11) is 1.77. The number of anilines is 2. The zero-order valence-corrected chi connectivity index (χ0v) is 12.5. The number of nitrogens with zero attached hydrogens (tertiary/aromatic N) is 3. The van der Waals surface area contributed by atoms with E-state index in [2.05, 4.69) is 20.5 Å². The maximum Gasteiger partial charge on any atom is 0.317 e. The fourth-order valence-corrected chi connectivity index (χ4v) is 3.22. The summed E-state index contributed by atoms with van der Waals surface area (Å²) in [6.07, 6.45) is 0. The third-order valence-corrected chi connectivity index (χ3v) is 4.25. The number of urea groups is 1. The number of nitrogens with one attached hydrogen (secondary N) is 2. The first-order valence-electron chi connectivity index (χ1n) is 6.43. The molecule has 3 rings (SSSR count). The molecule has 0 aliphatic carbocycles. The van der Waals surface area contributed by atoms with Gasteiger partial charge in [-0.05, 0) is 6.07 Å². The Morgan fingerprint density at radius 2 is 2.20 bits per heavy atom. The van der Waals surface area contributed by atoms with Gasteiger partial charge in [0.15, 0.2) is 0 Å². The minimum atomic E-state index is 0.0146. The monoisotopic (exact) mass is 315 g/mol. The Labute approximate surface area is 127 Å². The molecule has 0 spiro atoms. The number of halogens is 2. The van der Waals surface area contributed by atoms with E-state index in [1.54, 1.807) is 13.1 Å². The predicted molar refractivity (Wildman–Crippen MR) is 79.9 cm³/mol. The molecule has 1 aromatic heterocycles. The molecule has 1 unspecified atom stereocenters. The van der Waals surface area contributed by atoms with Crippen molar-refractivity contribution in [1.29, 1.82) is 0 Å². The molecular weight excluding hydrogens is 301 g/mol.